The van der Waals surface area contributed by atoms with Gasteiger partial charge in [0.25, 0.3) is 0 Å². The highest BCUT2D eigenvalue weighted by atomic mass is 16.2. The number of carbonyl (C=O) groups is 1. The van der Waals surface area contributed by atoms with Gasteiger partial charge in [-0.25, -0.2) is 0 Å². The van der Waals surface area contributed by atoms with Crippen LogP contribution in [0.15, 0.2) is 60.7 Å². The zero-order chi connectivity index (χ0) is 18.5. The first-order chi connectivity index (χ1) is 13.1. The summed E-state index contributed by atoms with van der Waals surface area (Å²) in [5.74, 6) is 0.326. The minimum absolute atomic E-state index is 0.198. The van der Waals surface area contributed by atoms with Gasteiger partial charge in [-0.2, -0.15) is 0 Å². The van der Waals surface area contributed by atoms with Crippen molar-refractivity contribution in [2.75, 3.05) is 26.7 Å². The van der Waals surface area contributed by atoms with Crippen LogP contribution in [0.4, 0.5) is 0 Å². The van der Waals surface area contributed by atoms with Gasteiger partial charge in [-0.1, -0.05) is 60.7 Å². The van der Waals surface area contributed by atoms with Crippen molar-refractivity contribution >= 4 is 5.91 Å². The molecule has 1 atom stereocenters. The van der Waals surface area contributed by atoms with E-state index in [0.29, 0.717) is 5.91 Å². The lowest BCUT2D eigenvalue weighted by molar-refractivity contribution is -0.169. The maximum absolute atomic E-state index is 13.1. The number of β-lactam (4-membered cyclic amide) rings is 1. The van der Waals surface area contributed by atoms with Crippen molar-refractivity contribution in [3.05, 3.63) is 71.8 Å². The fourth-order valence-corrected chi connectivity index (χ4v) is 5.36. The van der Waals surface area contributed by atoms with E-state index < -0.39 is 0 Å². The van der Waals surface area contributed by atoms with Crippen LogP contribution in [0.1, 0.15) is 24.0 Å². The van der Waals surface area contributed by atoms with E-state index in [4.69, 9.17) is 0 Å². The van der Waals surface area contributed by atoms with E-state index in [-0.39, 0.29) is 11.1 Å². The first-order valence-electron chi connectivity index (χ1n) is 9.95. The summed E-state index contributed by atoms with van der Waals surface area (Å²) in [6.07, 6.45) is 2.15. The molecule has 0 aliphatic carbocycles. The van der Waals surface area contributed by atoms with E-state index in [0.717, 1.165) is 45.6 Å². The van der Waals surface area contributed by atoms with E-state index in [9.17, 15) is 4.79 Å². The lowest BCUT2D eigenvalue weighted by Gasteiger charge is -2.58. The first-order valence-corrected chi connectivity index (χ1v) is 9.95. The number of carbonyl (C=O) groups excluding carboxylic acids is 1. The Morgan fingerprint density at radius 3 is 2.00 bits per heavy atom. The molecular formula is C23H27N3O. The summed E-state index contributed by atoms with van der Waals surface area (Å²) in [4.78, 5) is 20.0. The second kappa shape index (κ2) is 6.18. The van der Waals surface area contributed by atoms with Crippen molar-refractivity contribution in [2.45, 2.75) is 37.0 Å². The number of likely N-dealkylation sites (N-methyl/N-ethyl adjacent to an activating group) is 1. The van der Waals surface area contributed by atoms with Crippen LogP contribution >= 0.6 is 0 Å². The van der Waals surface area contributed by atoms with Crippen molar-refractivity contribution in [3.8, 4) is 0 Å². The van der Waals surface area contributed by atoms with Gasteiger partial charge in [-0.05, 0) is 31.0 Å². The molecule has 0 aromatic heterocycles. The molecule has 4 heteroatoms. The molecule has 2 spiro atoms. The average Bonchev–Trinajstić information content (AvgIpc) is 2.98. The minimum atomic E-state index is -0.242. The smallest absolute Gasteiger partial charge is 0.245 e. The molecule has 140 valence electrons. The maximum Gasteiger partial charge on any atom is 0.245 e. The van der Waals surface area contributed by atoms with Gasteiger partial charge in [0.1, 0.15) is 5.54 Å². The molecule has 3 saturated heterocycles. The molecule has 3 fully saturated rings. The summed E-state index contributed by atoms with van der Waals surface area (Å²) in [5, 5.41) is 0. The van der Waals surface area contributed by atoms with Crippen LogP contribution in [-0.2, 0) is 17.9 Å². The second-order valence-corrected chi connectivity index (χ2v) is 8.59. The highest BCUT2D eigenvalue weighted by Gasteiger charge is 2.66. The van der Waals surface area contributed by atoms with Gasteiger partial charge < -0.3 is 4.90 Å². The third kappa shape index (κ3) is 2.62. The highest BCUT2D eigenvalue weighted by molar-refractivity contribution is 5.93. The predicted molar refractivity (Wildman–Crippen MR) is 106 cm³/mol. The van der Waals surface area contributed by atoms with Gasteiger partial charge in [-0.15, -0.1) is 0 Å². The van der Waals surface area contributed by atoms with Gasteiger partial charge in [0.15, 0.2) is 0 Å². The Labute approximate surface area is 161 Å². The molecule has 27 heavy (non-hydrogen) atoms. The van der Waals surface area contributed by atoms with Gasteiger partial charge in [0.05, 0.1) is 0 Å². The Hall–Kier alpha value is -2.17. The van der Waals surface area contributed by atoms with E-state index in [1.165, 1.54) is 11.1 Å². The van der Waals surface area contributed by atoms with Gasteiger partial charge >= 0.3 is 0 Å². The summed E-state index contributed by atoms with van der Waals surface area (Å²) in [6, 6.07) is 21.0. The Morgan fingerprint density at radius 1 is 0.815 bits per heavy atom. The van der Waals surface area contributed by atoms with Gasteiger partial charge in [0.2, 0.25) is 5.91 Å². The molecule has 1 amide bonds. The number of rotatable bonds is 4. The molecule has 2 aromatic carbocycles. The van der Waals surface area contributed by atoms with E-state index >= 15 is 0 Å². The van der Waals surface area contributed by atoms with Crippen LogP contribution in [0.2, 0.25) is 0 Å². The van der Waals surface area contributed by atoms with Crippen molar-refractivity contribution in [1.29, 1.82) is 0 Å². The molecule has 0 saturated carbocycles. The van der Waals surface area contributed by atoms with Gasteiger partial charge in [0, 0.05) is 38.3 Å². The second-order valence-electron chi connectivity index (χ2n) is 8.59. The van der Waals surface area contributed by atoms with E-state index in [1.54, 1.807) is 0 Å². The summed E-state index contributed by atoms with van der Waals surface area (Å²) in [6.45, 7) is 4.77. The predicted octanol–water partition coefficient (Wildman–Crippen LogP) is 2.75. The molecular weight excluding hydrogens is 334 g/mol. The lowest BCUT2D eigenvalue weighted by atomic mass is 9.85. The fourth-order valence-electron chi connectivity index (χ4n) is 5.36. The molecule has 0 N–H and O–H groups in total. The van der Waals surface area contributed by atoms with Crippen LogP contribution in [0, 0.1) is 0 Å². The topological polar surface area (TPSA) is 26.8 Å². The summed E-state index contributed by atoms with van der Waals surface area (Å²) >= 11 is 0. The van der Waals surface area contributed by atoms with Crippen LogP contribution in [0.5, 0.6) is 0 Å². The first kappa shape index (κ1) is 17.0. The monoisotopic (exact) mass is 361 g/mol. The fraction of sp³-hybridized carbons (Fsp3) is 0.435. The zero-order valence-electron chi connectivity index (χ0n) is 16.0. The maximum atomic E-state index is 13.1. The Balaban J connectivity index is 1.21. The number of benzene rings is 2. The van der Waals surface area contributed by atoms with Crippen molar-refractivity contribution in [1.82, 2.24) is 14.7 Å². The Morgan fingerprint density at radius 2 is 1.41 bits per heavy atom. The normalized spacial score (nSPS) is 27.1. The molecule has 3 aliphatic rings. The Bertz CT molecular complexity index is 831. The zero-order valence-corrected chi connectivity index (χ0v) is 16.0. The quantitative estimate of drug-likeness (QED) is 0.784. The summed E-state index contributed by atoms with van der Waals surface area (Å²) in [5.41, 5.74) is 2.54. The molecule has 2 aromatic rings. The number of hydrogen-bond acceptors (Lipinski definition) is 3. The number of likely N-dealkylation sites (tertiary alicyclic amines) is 3. The summed E-state index contributed by atoms with van der Waals surface area (Å²) in [7, 11) is 2.19. The van der Waals surface area contributed by atoms with Crippen LogP contribution < -0.4 is 0 Å². The Kier molecular flexibility index (Phi) is 3.88. The van der Waals surface area contributed by atoms with E-state index in [2.05, 4.69) is 59.3 Å². The lowest BCUT2D eigenvalue weighted by Crippen LogP contribution is -2.77. The minimum Gasteiger partial charge on any atom is -0.334 e. The SMILES string of the molecule is CN1C2(CCC13CN(Cc1ccccc1)C3=O)CN(Cc1ccccc1)C2. The molecule has 1 unspecified atom stereocenters. The van der Waals surface area contributed by atoms with E-state index in [1.807, 2.05) is 23.1 Å². The largest absolute Gasteiger partial charge is 0.334 e. The van der Waals surface area contributed by atoms with Gasteiger partial charge in [-0.3, -0.25) is 14.6 Å². The third-order valence-electron chi connectivity index (χ3n) is 7.00. The molecule has 4 nitrogen and oxygen atoms in total. The molecule has 0 bridgehead atoms. The summed E-state index contributed by atoms with van der Waals surface area (Å²) < 4.78 is 0. The molecule has 5 rings (SSSR count). The molecule has 3 heterocycles. The number of nitrogens with zero attached hydrogens (tertiary/aromatic N) is 3. The van der Waals surface area contributed by atoms with Crippen molar-refractivity contribution in [3.63, 3.8) is 0 Å². The van der Waals surface area contributed by atoms with Crippen LogP contribution in [0.3, 0.4) is 0 Å². The number of hydrogen-bond donors (Lipinski definition) is 0. The average molecular weight is 361 g/mol. The van der Waals surface area contributed by atoms with Crippen molar-refractivity contribution in [2.24, 2.45) is 0 Å². The molecule has 0 radical (unpaired) electrons. The highest BCUT2D eigenvalue weighted by Crippen LogP contribution is 2.50. The standard InChI is InChI=1S/C23H27N3O/c1-24-22(16-25(17-22)14-19-8-4-2-5-9-19)12-13-23(24)18-26(21(23)27)15-20-10-6-3-7-11-20/h2-11H,12-18H2,1H3. The van der Waals surface area contributed by atoms with Crippen molar-refractivity contribution < 1.29 is 4.79 Å². The molecule has 3 aliphatic heterocycles. The van der Waals surface area contributed by atoms with Crippen LogP contribution in [0.25, 0.3) is 0 Å². The number of amides is 1. The van der Waals surface area contributed by atoms with Crippen LogP contribution in [-0.4, -0.2) is 58.4 Å². The third-order valence-corrected chi connectivity index (χ3v) is 7.00.